The van der Waals surface area contributed by atoms with E-state index in [1.54, 1.807) is 0 Å². The Hall–Kier alpha value is -5.31. The summed E-state index contributed by atoms with van der Waals surface area (Å²) in [5.74, 6) is -5.86. The van der Waals surface area contributed by atoms with Gasteiger partial charge in [0.25, 0.3) is 0 Å². The van der Waals surface area contributed by atoms with Crippen LogP contribution in [0.5, 0.6) is 23.0 Å². The SMILES string of the molecule is [2H]C([2H])([2H])Oc1ccc(-c2cc(=O)c3c(O)cc(O)cc3o2)cc1O[C@@H]1O[C@H](C(=O)OC)[C@@H](OC(C)=O)[C@H](OC(C)=O)[C@H]1OC(C)=O. The summed E-state index contributed by atoms with van der Waals surface area (Å²) < 4.78 is 65.9. The zero-order valence-electron chi connectivity index (χ0n) is 26.6. The van der Waals surface area contributed by atoms with Gasteiger partial charge in [-0.15, -0.1) is 0 Å². The first-order valence-corrected chi connectivity index (χ1v) is 12.7. The topological polar surface area (TPSA) is 204 Å². The first-order valence-electron chi connectivity index (χ1n) is 14.2. The third-order valence-electron chi connectivity index (χ3n) is 6.21. The van der Waals surface area contributed by atoms with E-state index in [1.807, 2.05) is 0 Å². The van der Waals surface area contributed by atoms with Crippen LogP contribution in [0.15, 0.2) is 45.6 Å². The van der Waals surface area contributed by atoms with Gasteiger partial charge in [-0.3, -0.25) is 19.2 Å². The molecule has 0 unspecified atom stereocenters. The predicted molar refractivity (Wildman–Crippen MR) is 146 cm³/mol. The maximum Gasteiger partial charge on any atom is 0.339 e. The van der Waals surface area contributed by atoms with Crippen LogP contribution < -0.4 is 14.9 Å². The highest BCUT2D eigenvalue weighted by Crippen LogP contribution is 2.38. The van der Waals surface area contributed by atoms with Crippen molar-refractivity contribution >= 4 is 34.8 Å². The molecule has 5 atom stereocenters. The molecular formula is C29H28O15. The number of benzene rings is 2. The number of rotatable bonds is 8. The van der Waals surface area contributed by atoms with Crippen molar-refractivity contribution in [2.45, 2.75) is 51.5 Å². The number of ether oxygens (including phenoxy) is 7. The fourth-order valence-electron chi connectivity index (χ4n) is 4.53. The van der Waals surface area contributed by atoms with Crippen LogP contribution in [0.2, 0.25) is 0 Å². The smallest absolute Gasteiger partial charge is 0.339 e. The number of phenolic OH excluding ortho intramolecular Hbond substituents is 2. The molecule has 1 aromatic heterocycles. The van der Waals surface area contributed by atoms with E-state index >= 15 is 0 Å². The van der Waals surface area contributed by atoms with Gasteiger partial charge < -0.3 is 47.8 Å². The van der Waals surface area contributed by atoms with Crippen molar-refractivity contribution in [3.63, 3.8) is 0 Å². The number of methoxy groups -OCH3 is 2. The van der Waals surface area contributed by atoms with Gasteiger partial charge in [0.05, 0.1) is 18.3 Å². The van der Waals surface area contributed by atoms with Crippen LogP contribution in [0.1, 0.15) is 24.9 Å². The summed E-state index contributed by atoms with van der Waals surface area (Å²) in [5, 5.41) is 19.8. The Morgan fingerprint density at radius 3 is 2.16 bits per heavy atom. The normalized spacial score (nSPS) is 22.5. The van der Waals surface area contributed by atoms with Gasteiger partial charge in [-0.25, -0.2) is 4.79 Å². The molecule has 0 bridgehead atoms. The molecule has 2 N–H and O–H groups in total. The Morgan fingerprint density at radius 2 is 1.52 bits per heavy atom. The van der Waals surface area contributed by atoms with E-state index in [-0.39, 0.29) is 22.3 Å². The molecule has 0 saturated carbocycles. The summed E-state index contributed by atoms with van der Waals surface area (Å²) in [6.07, 6.45) is -8.85. The van der Waals surface area contributed by atoms with Gasteiger partial charge >= 0.3 is 23.9 Å². The van der Waals surface area contributed by atoms with Crippen molar-refractivity contribution < 1.29 is 71.1 Å². The summed E-state index contributed by atoms with van der Waals surface area (Å²) in [6, 6.07) is 6.62. The highest BCUT2D eigenvalue weighted by Gasteiger charge is 2.56. The average Bonchev–Trinajstić information content (AvgIpc) is 2.94. The minimum absolute atomic E-state index is 0.0680. The van der Waals surface area contributed by atoms with E-state index in [9.17, 15) is 34.2 Å². The number of fused-ring (bicyclic) bond motifs is 1. The monoisotopic (exact) mass is 619 g/mol. The van der Waals surface area contributed by atoms with Gasteiger partial charge in [-0.2, -0.15) is 0 Å². The molecular weight excluding hydrogens is 588 g/mol. The standard InChI is InChI=1S/C29H28O15/c1-12(30)39-24-25(40-13(2)31)27(41-14(3)32)29(44-26(24)28(36)38-5)43-21-8-15(6-7-19(21)37-4)20-11-18(35)23-17(34)9-16(33)10-22(23)42-20/h6-11,24-27,29,33-34H,1-5H3/t24-,25-,26-,27+,29+/m0/s1/i4D3. The second-order valence-electron chi connectivity index (χ2n) is 9.36. The number of hydrogen-bond acceptors (Lipinski definition) is 15. The van der Waals surface area contributed by atoms with Crippen LogP contribution in [-0.4, -0.2) is 78.9 Å². The molecule has 0 aliphatic carbocycles. The van der Waals surface area contributed by atoms with Crippen molar-refractivity contribution in [2.75, 3.05) is 14.1 Å². The second kappa shape index (κ2) is 12.9. The molecule has 0 amide bonds. The van der Waals surface area contributed by atoms with Crippen LogP contribution >= 0.6 is 0 Å². The van der Waals surface area contributed by atoms with E-state index < -0.39 is 90.0 Å². The molecule has 1 fully saturated rings. The molecule has 15 heteroatoms. The minimum atomic E-state index is -3.03. The van der Waals surface area contributed by atoms with E-state index in [4.69, 9.17) is 41.7 Å². The van der Waals surface area contributed by atoms with E-state index in [0.29, 0.717) is 0 Å². The van der Waals surface area contributed by atoms with Gasteiger partial charge in [-0.05, 0) is 18.2 Å². The van der Waals surface area contributed by atoms with Crippen LogP contribution in [0, 0.1) is 0 Å². The van der Waals surface area contributed by atoms with Crippen molar-refractivity contribution in [3.8, 4) is 34.3 Å². The molecule has 0 spiro atoms. The van der Waals surface area contributed by atoms with Crippen molar-refractivity contribution in [2.24, 2.45) is 0 Å². The molecule has 3 aromatic rings. The summed E-state index contributed by atoms with van der Waals surface area (Å²) in [6.45, 7) is 2.99. The fourth-order valence-corrected chi connectivity index (χ4v) is 4.53. The Balaban J connectivity index is 1.87. The third kappa shape index (κ3) is 6.67. The van der Waals surface area contributed by atoms with Crippen LogP contribution in [-0.2, 0) is 42.9 Å². The quantitative estimate of drug-likeness (QED) is 0.273. The lowest BCUT2D eigenvalue weighted by Gasteiger charge is -2.43. The van der Waals surface area contributed by atoms with E-state index in [1.165, 1.54) is 6.07 Å². The van der Waals surface area contributed by atoms with Crippen molar-refractivity contribution in [1.82, 2.24) is 0 Å². The molecule has 234 valence electrons. The minimum Gasteiger partial charge on any atom is -0.508 e. The predicted octanol–water partition coefficient (Wildman–Crippen LogP) is 1.95. The maximum absolute atomic E-state index is 12.8. The largest absolute Gasteiger partial charge is 0.508 e. The number of hydrogen-bond donors (Lipinski definition) is 2. The number of carbonyl (C=O) groups is 4. The van der Waals surface area contributed by atoms with Gasteiger partial charge in [-0.1, -0.05) is 0 Å². The molecule has 1 aliphatic rings. The summed E-state index contributed by atoms with van der Waals surface area (Å²) >= 11 is 0. The zero-order chi connectivity index (χ0) is 34.8. The number of esters is 4. The van der Waals surface area contributed by atoms with Crippen LogP contribution in [0.3, 0.4) is 0 Å². The summed E-state index contributed by atoms with van der Waals surface area (Å²) in [5.41, 5.74) is -0.822. The first kappa shape index (κ1) is 27.5. The van der Waals surface area contributed by atoms with Gasteiger partial charge in [0.2, 0.25) is 12.4 Å². The summed E-state index contributed by atoms with van der Waals surface area (Å²) in [7, 11) is -2.03. The molecule has 15 nitrogen and oxygen atoms in total. The lowest BCUT2D eigenvalue weighted by atomic mass is 9.97. The molecule has 2 heterocycles. The van der Waals surface area contributed by atoms with Crippen molar-refractivity contribution in [3.05, 3.63) is 46.6 Å². The highest BCUT2D eigenvalue weighted by atomic mass is 16.7. The number of aromatic hydroxyl groups is 2. The Morgan fingerprint density at radius 1 is 0.864 bits per heavy atom. The molecule has 4 rings (SSSR count). The number of carbonyl (C=O) groups excluding carboxylic acids is 4. The zero-order valence-corrected chi connectivity index (χ0v) is 23.6. The lowest BCUT2D eigenvalue weighted by molar-refractivity contribution is -0.282. The van der Waals surface area contributed by atoms with E-state index in [2.05, 4.69) is 0 Å². The molecule has 44 heavy (non-hydrogen) atoms. The third-order valence-corrected chi connectivity index (χ3v) is 6.21. The van der Waals surface area contributed by atoms with Gasteiger partial charge in [0, 0.05) is 44.5 Å². The first-order chi connectivity index (χ1) is 22.0. The summed E-state index contributed by atoms with van der Waals surface area (Å²) in [4.78, 5) is 61.9. The van der Waals surface area contributed by atoms with Crippen LogP contribution in [0.25, 0.3) is 22.3 Å². The Bertz CT molecular complexity index is 1770. The molecule has 0 radical (unpaired) electrons. The number of phenols is 2. The Kier molecular flexibility index (Phi) is 8.07. The highest BCUT2D eigenvalue weighted by molar-refractivity contribution is 5.86. The van der Waals surface area contributed by atoms with Crippen molar-refractivity contribution in [1.29, 1.82) is 0 Å². The fraction of sp³-hybridized carbons (Fsp3) is 0.345. The Labute approximate surface area is 252 Å². The van der Waals surface area contributed by atoms with Gasteiger partial charge in [0.1, 0.15) is 28.2 Å². The molecule has 1 saturated heterocycles. The molecule has 2 aromatic carbocycles. The second-order valence-corrected chi connectivity index (χ2v) is 9.36. The molecule has 1 aliphatic heterocycles. The lowest BCUT2D eigenvalue weighted by Crippen LogP contribution is -2.64. The average molecular weight is 620 g/mol. The van der Waals surface area contributed by atoms with E-state index in [0.717, 1.165) is 58.2 Å². The van der Waals surface area contributed by atoms with Crippen LogP contribution in [0.4, 0.5) is 0 Å². The maximum atomic E-state index is 12.8. The van der Waals surface area contributed by atoms with Gasteiger partial charge in [0.15, 0.2) is 35.2 Å².